The van der Waals surface area contributed by atoms with Crippen molar-refractivity contribution in [1.82, 2.24) is 4.90 Å². The van der Waals surface area contributed by atoms with Gasteiger partial charge >= 0.3 is 12.1 Å². The van der Waals surface area contributed by atoms with Crippen molar-refractivity contribution in [2.75, 3.05) is 13.7 Å². The zero-order valence-electron chi connectivity index (χ0n) is 14.5. The Labute approximate surface area is 161 Å². The standard InChI is InChI=1S/C17H21Cl2NO4S/c1-17(2,3)24-16(22)20-9-10(8-12(20)15(21)23-4)25-13-7-5-6-11(18)14(13)19/h5-7,10,12H,8-9H2,1-4H3/t10-,12+/m1/s1. The molecule has 1 aromatic carbocycles. The molecule has 0 bridgehead atoms. The zero-order chi connectivity index (χ0) is 18.8. The van der Waals surface area contributed by atoms with Gasteiger partial charge in [0.1, 0.15) is 11.6 Å². The monoisotopic (exact) mass is 405 g/mol. The number of hydrogen-bond acceptors (Lipinski definition) is 5. The lowest BCUT2D eigenvalue weighted by molar-refractivity contribution is -0.145. The van der Waals surface area contributed by atoms with Gasteiger partial charge in [0.2, 0.25) is 0 Å². The molecule has 1 aliphatic heterocycles. The second-order valence-corrected chi connectivity index (χ2v) is 8.83. The molecule has 0 aromatic heterocycles. The molecule has 138 valence electrons. The van der Waals surface area contributed by atoms with E-state index >= 15 is 0 Å². The maximum atomic E-state index is 12.5. The van der Waals surface area contributed by atoms with E-state index < -0.39 is 23.7 Å². The average molecular weight is 406 g/mol. The van der Waals surface area contributed by atoms with Gasteiger partial charge < -0.3 is 9.47 Å². The largest absolute Gasteiger partial charge is 0.467 e. The number of methoxy groups -OCH3 is 1. The number of carbonyl (C=O) groups excluding carboxylic acids is 2. The van der Waals surface area contributed by atoms with Crippen LogP contribution in [0.3, 0.4) is 0 Å². The molecule has 0 N–H and O–H groups in total. The van der Waals surface area contributed by atoms with Crippen LogP contribution in [-0.4, -0.2) is 47.5 Å². The van der Waals surface area contributed by atoms with Gasteiger partial charge in [-0.25, -0.2) is 9.59 Å². The molecule has 0 saturated carbocycles. The Kier molecular flexibility index (Phi) is 6.51. The Balaban J connectivity index is 2.16. The zero-order valence-corrected chi connectivity index (χ0v) is 16.9. The number of nitrogens with zero attached hydrogens (tertiary/aromatic N) is 1. The van der Waals surface area contributed by atoms with E-state index in [0.717, 1.165) is 4.90 Å². The van der Waals surface area contributed by atoms with Gasteiger partial charge in [0.05, 0.1) is 17.2 Å². The lowest BCUT2D eigenvalue weighted by atomic mass is 10.2. The molecule has 8 heteroatoms. The fourth-order valence-corrected chi connectivity index (χ4v) is 4.25. The molecule has 25 heavy (non-hydrogen) atoms. The molecular formula is C17H21Cl2NO4S. The molecule has 1 heterocycles. The summed E-state index contributed by atoms with van der Waals surface area (Å²) in [6.07, 6.45) is -0.0671. The Morgan fingerprint density at radius 3 is 2.56 bits per heavy atom. The van der Waals surface area contributed by atoms with Crippen LogP contribution in [0.25, 0.3) is 0 Å². The SMILES string of the molecule is COC(=O)[C@@H]1C[C@@H](Sc2cccc(Cl)c2Cl)CN1C(=O)OC(C)(C)C. The van der Waals surface area contributed by atoms with Crippen molar-refractivity contribution in [3.8, 4) is 0 Å². The maximum Gasteiger partial charge on any atom is 0.411 e. The predicted octanol–water partition coefficient (Wildman–Crippen LogP) is 4.64. The maximum absolute atomic E-state index is 12.5. The third kappa shape index (κ3) is 5.19. The number of carbonyl (C=O) groups is 2. The molecule has 5 nitrogen and oxygen atoms in total. The summed E-state index contributed by atoms with van der Waals surface area (Å²) in [4.78, 5) is 26.8. The van der Waals surface area contributed by atoms with Crippen molar-refractivity contribution in [1.29, 1.82) is 0 Å². The van der Waals surface area contributed by atoms with Crippen LogP contribution in [-0.2, 0) is 14.3 Å². The van der Waals surface area contributed by atoms with E-state index in [1.807, 2.05) is 12.1 Å². The van der Waals surface area contributed by atoms with E-state index in [9.17, 15) is 9.59 Å². The summed E-state index contributed by atoms with van der Waals surface area (Å²) in [5, 5.41) is 0.922. The summed E-state index contributed by atoms with van der Waals surface area (Å²) < 4.78 is 10.3. The molecule has 0 spiro atoms. The van der Waals surface area contributed by atoms with Gasteiger partial charge in [-0.1, -0.05) is 29.3 Å². The molecule has 2 rings (SSSR count). The first-order valence-electron chi connectivity index (χ1n) is 7.80. The van der Waals surface area contributed by atoms with Crippen LogP contribution in [0.2, 0.25) is 10.0 Å². The fraction of sp³-hybridized carbons (Fsp3) is 0.529. The van der Waals surface area contributed by atoms with E-state index in [4.69, 9.17) is 32.7 Å². The van der Waals surface area contributed by atoms with Crippen molar-refractivity contribution < 1.29 is 19.1 Å². The van der Waals surface area contributed by atoms with E-state index in [0.29, 0.717) is 23.0 Å². The summed E-state index contributed by atoms with van der Waals surface area (Å²) in [6, 6.07) is 4.72. The second-order valence-electron chi connectivity index (χ2n) is 6.70. The van der Waals surface area contributed by atoms with Crippen molar-refractivity contribution in [2.24, 2.45) is 0 Å². The van der Waals surface area contributed by atoms with Crippen LogP contribution in [0, 0.1) is 0 Å². The summed E-state index contributed by atoms with van der Waals surface area (Å²) in [6.45, 7) is 5.71. The summed E-state index contributed by atoms with van der Waals surface area (Å²) in [7, 11) is 1.31. The topological polar surface area (TPSA) is 55.8 Å². The highest BCUT2D eigenvalue weighted by atomic mass is 35.5. The number of halogens is 2. The normalized spacial score (nSPS) is 20.5. The number of benzene rings is 1. The van der Waals surface area contributed by atoms with Gasteiger partial charge in [-0.05, 0) is 39.3 Å². The highest BCUT2D eigenvalue weighted by Crippen LogP contribution is 2.39. The highest BCUT2D eigenvalue weighted by molar-refractivity contribution is 8.00. The highest BCUT2D eigenvalue weighted by Gasteiger charge is 2.42. The molecule has 0 radical (unpaired) electrons. The molecule has 1 saturated heterocycles. The number of likely N-dealkylation sites (tertiary alicyclic amines) is 1. The minimum Gasteiger partial charge on any atom is -0.467 e. The Morgan fingerprint density at radius 2 is 1.96 bits per heavy atom. The van der Waals surface area contributed by atoms with Crippen molar-refractivity contribution in [3.63, 3.8) is 0 Å². The first kappa shape index (κ1) is 20.2. The van der Waals surface area contributed by atoms with Crippen LogP contribution in [0.1, 0.15) is 27.2 Å². The third-order valence-corrected chi connectivity index (χ3v) is 5.77. The first-order chi connectivity index (χ1) is 11.6. The summed E-state index contributed by atoms with van der Waals surface area (Å²) in [5.41, 5.74) is -0.640. The molecule has 1 aliphatic rings. The number of ether oxygens (including phenoxy) is 2. The van der Waals surface area contributed by atoms with Crippen LogP contribution in [0.4, 0.5) is 4.79 Å². The van der Waals surface area contributed by atoms with Gasteiger partial charge in [0.15, 0.2) is 0 Å². The Hall–Kier alpha value is -1.11. The lowest BCUT2D eigenvalue weighted by Crippen LogP contribution is -2.43. The molecule has 1 fully saturated rings. The van der Waals surface area contributed by atoms with Crippen LogP contribution < -0.4 is 0 Å². The number of esters is 1. The van der Waals surface area contributed by atoms with Gasteiger partial charge in [0, 0.05) is 16.7 Å². The summed E-state index contributed by atoms with van der Waals surface area (Å²) >= 11 is 13.8. The van der Waals surface area contributed by atoms with E-state index in [-0.39, 0.29) is 5.25 Å². The second kappa shape index (κ2) is 8.06. The van der Waals surface area contributed by atoms with E-state index in [1.165, 1.54) is 23.8 Å². The lowest BCUT2D eigenvalue weighted by Gasteiger charge is -2.27. The van der Waals surface area contributed by atoms with Crippen LogP contribution in [0.15, 0.2) is 23.1 Å². The third-order valence-electron chi connectivity index (χ3n) is 3.57. The number of hydrogen-bond donors (Lipinski definition) is 0. The van der Waals surface area contributed by atoms with Crippen LogP contribution in [0.5, 0.6) is 0 Å². The van der Waals surface area contributed by atoms with E-state index in [2.05, 4.69) is 0 Å². The molecule has 0 aliphatic carbocycles. The Bertz CT molecular complexity index is 663. The van der Waals surface area contributed by atoms with Gasteiger partial charge in [-0.3, -0.25) is 4.90 Å². The molecule has 2 atom stereocenters. The number of amides is 1. The number of thioether (sulfide) groups is 1. The smallest absolute Gasteiger partial charge is 0.411 e. The molecule has 1 amide bonds. The van der Waals surface area contributed by atoms with Gasteiger partial charge in [-0.15, -0.1) is 11.8 Å². The van der Waals surface area contributed by atoms with Gasteiger partial charge in [0.25, 0.3) is 0 Å². The molecule has 0 unspecified atom stereocenters. The Morgan fingerprint density at radius 1 is 1.28 bits per heavy atom. The fourth-order valence-electron chi connectivity index (χ4n) is 2.52. The van der Waals surface area contributed by atoms with Gasteiger partial charge in [-0.2, -0.15) is 0 Å². The first-order valence-corrected chi connectivity index (χ1v) is 9.44. The van der Waals surface area contributed by atoms with Crippen molar-refractivity contribution in [3.05, 3.63) is 28.2 Å². The molecular weight excluding hydrogens is 385 g/mol. The average Bonchev–Trinajstić information content (AvgIpc) is 2.93. The molecule has 1 aromatic rings. The predicted molar refractivity (Wildman–Crippen MR) is 99.5 cm³/mol. The summed E-state index contributed by atoms with van der Waals surface area (Å²) in [5.74, 6) is -0.453. The van der Waals surface area contributed by atoms with Crippen molar-refractivity contribution >= 4 is 47.0 Å². The number of rotatable bonds is 3. The minimum atomic E-state index is -0.671. The van der Waals surface area contributed by atoms with E-state index in [1.54, 1.807) is 26.8 Å². The van der Waals surface area contributed by atoms with Crippen LogP contribution >= 0.6 is 35.0 Å². The minimum absolute atomic E-state index is 0.0208. The quantitative estimate of drug-likeness (QED) is 0.685. The van der Waals surface area contributed by atoms with Crippen molar-refractivity contribution in [2.45, 2.75) is 49.0 Å².